The summed E-state index contributed by atoms with van der Waals surface area (Å²) in [7, 11) is 0. The number of hydrogen-bond acceptors (Lipinski definition) is 4. The van der Waals surface area contributed by atoms with Crippen LogP contribution >= 0.6 is 11.3 Å². The number of benzene rings is 1. The first-order valence-corrected chi connectivity index (χ1v) is 6.67. The highest BCUT2D eigenvalue weighted by atomic mass is 32.1. The molecule has 2 N–H and O–H groups in total. The molecular formula is C14H13N3S. The molecule has 1 aromatic carbocycles. The van der Waals surface area contributed by atoms with E-state index < -0.39 is 0 Å². The molecule has 4 heteroatoms. The van der Waals surface area contributed by atoms with Gasteiger partial charge in [0.15, 0.2) is 0 Å². The van der Waals surface area contributed by atoms with E-state index in [2.05, 4.69) is 39.6 Å². The van der Waals surface area contributed by atoms with Gasteiger partial charge >= 0.3 is 0 Å². The Bertz CT molecular complexity index is 703. The van der Waals surface area contributed by atoms with E-state index in [4.69, 9.17) is 5.73 Å². The molecule has 0 saturated carbocycles. The zero-order valence-electron chi connectivity index (χ0n) is 10.1. The monoisotopic (exact) mass is 255 g/mol. The molecule has 2 aromatic heterocycles. The highest BCUT2D eigenvalue weighted by molar-refractivity contribution is 7.17. The van der Waals surface area contributed by atoms with E-state index in [0.29, 0.717) is 6.54 Å². The van der Waals surface area contributed by atoms with Crippen LogP contribution in [0.4, 0.5) is 0 Å². The van der Waals surface area contributed by atoms with Crippen LogP contribution in [-0.4, -0.2) is 9.97 Å². The summed E-state index contributed by atoms with van der Waals surface area (Å²) in [6, 6.07) is 10.3. The molecule has 0 amide bonds. The van der Waals surface area contributed by atoms with Crippen molar-refractivity contribution in [3.8, 4) is 11.3 Å². The maximum absolute atomic E-state index is 5.67. The third-order valence-corrected chi connectivity index (χ3v) is 3.82. The number of nitrogens with zero attached hydrogens (tertiary/aromatic N) is 2. The standard InChI is InChI=1S/C14H13N3S/c1-9-16-10(7-15)6-13(17-9)12-8-18-14-5-3-2-4-11(12)14/h2-6,8H,7,15H2,1H3. The van der Waals surface area contributed by atoms with Crippen molar-refractivity contribution in [2.24, 2.45) is 5.73 Å². The molecule has 2 heterocycles. The van der Waals surface area contributed by atoms with Gasteiger partial charge in [-0.2, -0.15) is 0 Å². The van der Waals surface area contributed by atoms with Gasteiger partial charge in [-0.05, 0) is 19.1 Å². The molecule has 0 aliphatic rings. The fraction of sp³-hybridized carbons (Fsp3) is 0.143. The number of rotatable bonds is 2. The number of aryl methyl sites for hydroxylation is 1. The minimum absolute atomic E-state index is 0.443. The van der Waals surface area contributed by atoms with Crippen LogP contribution in [-0.2, 0) is 6.54 Å². The highest BCUT2D eigenvalue weighted by Gasteiger charge is 2.09. The first-order valence-electron chi connectivity index (χ1n) is 5.79. The van der Waals surface area contributed by atoms with Crippen LogP contribution in [0.25, 0.3) is 21.3 Å². The smallest absolute Gasteiger partial charge is 0.126 e. The SMILES string of the molecule is Cc1nc(CN)cc(-c2csc3ccccc23)n1. The molecular weight excluding hydrogens is 242 g/mol. The zero-order chi connectivity index (χ0) is 12.5. The number of fused-ring (bicyclic) bond motifs is 1. The first-order chi connectivity index (χ1) is 8.78. The van der Waals surface area contributed by atoms with Gasteiger partial charge < -0.3 is 5.73 Å². The summed E-state index contributed by atoms with van der Waals surface area (Å²) in [6.45, 7) is 2.34. The van der Waals surface area contributed by atoms with Crippen molar-refractivity contribution in [3.63, 3.8) is 0 Å². The molecule has 3 aromatic rings. The van der Waals surface area contributed by atoms with E-state index in [1.807, 2.05) is 13.0 Å². The molecule has 90 valence electrons. The second kappa shape index (κ2) is 4.48. The van der Waals surface area contributed by atoms with E-state index in [9.17, 15) is 0 Å². The van der Waals surface area contributed by atoms with Crippen LogP contribution in [0.2, 0.25) is 0 Å². The molecule has 0 aliphatic heterocycles. The summed E-state index contributed by atoms with van der Waals surface area (Å²) < 4.78 is 1.28. The maximum atomic E-state index is 5.67. The lowest BCUT2D eigenvalue weighted by Gasteiger charge is -2.03. The number of hydrogen-bond donors (Lipinski definition) is 1. The van der Waals surface area contributed by atoms with E-state index in [1.54, 1.807) is 11.3 Å². The van der Waals surface area contributed by atoms with Crippen molar-refractivity contribution in [3.05, 3.63) is 47.2 Å². The van der Waals surface area contributed by atoms with Crippen LogP contribution in [0, 0.1) is 6.92 Å². The van der Waals surface area contributed by atoms with Crippen LogP contribution in [0.15, 0.2) is 35.7 Å². The maximum Gasteiger partial charge on any atom is 0.126 e. The molecule has 0 atom stereocenters. The lowest BCUT2D eigenvalue weighted by Crippen LogP contribution is -2.03. The Labute approximate surface area is 109 Å². The van der Waals surface area contributed by atoms with Crippen LogP contribution in [0.3, 0.4) is 0 Å². The van der Waals surface area contributed by atoms with Crippen molar-refractivity contribution >= 4 is 21.4 Å². The number of nitrogens with two attached hydrogens (primary N) is 1. The lowest BCUT2D eigenvalue weighted by molar-refractivity contribution is 0.930. The summed E-state index contributed by atoms with van der Waals surface area (Å²) in [5, 5.41) is 3.38. The summed E-state index contributed by atoms with van der Waals surface area (Å²) in [5.41, 5.74) is 8.67. The van der Waals surface area contributed by atoms with Gasteiger partial charge in [-0.3, -0.25) is 0 Å². The topological polar surface area (TPSA) is 51.8 Å². The third-order valence-electron chi connectivity index (χ3n) is 2.86. The molecule has 0 radical (unpaired) electrons. The van der Waals surface area contributed by atoms with Crippen LogP contribution in [0.1, 0.15) is 11.5 Å². The molecule has 3 nitrogen and oxygen atoms in total. The van der Waals surface area contributed by atoms with E-state index in [0.717, 1.165) is 22.8 Å². The largest absolute Gasteiger partial charge is 0.325 e. The Morgan fingerprint density at radius 1 is 1.22 bits per heavy atom. The average Bonchev–Trinajstić information content (AvgIpc) is 2.81. The first kappa shape index (κ1) is 11.3. The molecule has 0 fully saturated rings. The Hall–Kier alpha value is -1.78. The summed E-state index contributed by atoms with van der Waals surface area (Å²) in [6.07, 6.45) is 0. The summed E-state index contributed by atoms with van der Waals surface area (Å²) in [4.78, 5) is 8.82. The van der Waals surface area contributed by atoms with E-state index in [1.165, 1.54) is 10.1 Å². The molecule has 0 bridgehead atoms. The van der Waals surface area contributed by atoms with Crippen molar-refractivity contribution in [2.45, 2.75) is 13.5 Å². The quantitative estimate of drug-likeness (QED) is 0.765. The van der Waals surface area contributed by atoms with Crippen LogP contribution in [0.5, 0.6) is 0 Å². The van der Waals surface area contributed by atoms with Crippen molar-refractivity contribution in [1.29, 1.82) is 0 Å². The van der Waals surface area contributed by atoms with E-state index >= 15 is 0 Å². The minimum Gasteiger partial charge on any atom is -0.325 e. The molecule has 0 unspecified atom stereocenters. The predicted octanol–water partition coefficient (Wildman–Crippen LogP) is 3.13. The van der Waals surface area contributed by atoms with Crippen molar-refractivity contribution in [1.82, 2.24) is 9.97 Å². The van der Waals surface area contributed by atoms with Gasteiger partial charge in [0.05, 0.1) is 11.4 Å². The Balaban J connectivity index is 2.22. The van der Waals surface area contributed by atoms with Gasteiger partial charge in [0.2, 0.25) is 0 Å². The van der Waals surface area contributed by atoms with E-state index in [-0.39, 0.29) is 0 Å². The summed E-state index contributed by atoms with van der Waals surface area (Å²) in [5.74, 6) is 0.767. The second-order valence-electron chi connectivity index (χ2n) is 4.14. The fourth-order valence-electron chi connectivity index (χ4n) is 2.05. The van der Waals surface area contributed by atoms with Crippen molar-refractivity contribution < 1.29 is 0 Å². The van der Waals surface area contributed by atoms with Gasteiger partial charge in [-0.25, -0.2) is 9.97 Å². The normalized spacial score (nSPS) is 11.0. The van der Waals surface area contributed by atoms with Gasteiger partial charge in [-0.1, -0.05) is 18.2 Å². The Kier molecular flexibility index (Phi) is 2.81. The second-order valence-corrected chi connectivity index (χ2v) is 5.05. The number of thiophene rings is 1. The highest BCUT2D eigenvalue weighted by Crippen LogP contribution is 2.32. The Morgan fingerprint density at radius 2 is 2.06 bits per heavy atom. The molecule has 3 rings (SSSR count). The number of aromatic nitrogens is 2. The Morgan fingerprint density at radius 3 is 2.89 bits per heavy atom. The van der Waals surface area contributed by atoms with Gasteiger partial charge in [0.25, 0.3) is 0 Å². The third kappa shape index (κ3) is 1.89. The minimum atomic E-state index is 0.443. The van der Waals surface area contributed by atoms with Crippen molar-refractivity contribution in [2.75, 3.05) is 0 Å². The predicted molar refractivity (Wildman–Crippen MR) is 75.5 cm³/mol. The zero-order valence-corrected chi connectivity index (χ0v) is 10.9. The average molecular weight is 255 g/mol. The molecule has 0 saturated heterocycles. The van der Waals surface area contributed by atoms with Gasteiger partial charge in [0, 0.05) is 27.6 Å². The fourth-order valence-corrected chi connectivity index (χ4v) is 3.00. The molecule has 0 spiro atoms. The molecule has 0 aliphatic carbocycles. The van der Waals surface area contributed by atoms with Gasteiger partial charge in [0.1, 0.15) is 5.82 Å². The lowest BCUT2D eigenvalue weighted by atomic mass is 10.1. The summed E-state index contributed by atoms with van der Waals surface area (Å²) >= 11 is 1.74. The molecule has 18 heavy (non-hydrogen) atoms. The van der Waals surface area contributed by atoms with Crippen LogP contribution < -0.4 is 5.73 Å². The van der Waals surface area contributed by atoms with Gasteiger partial charge in [-0.15, -0.1) is 11.3 Å².